The van der Waals surface area contributed by atoms with E-state index in [1.807, 2.05) is 0 Å². The van der Waals surface area contributed by atoms with Crippen molar-refractivity contribution in [1.29, 1.82) is 0 Å². The van der Waals surface area contributed by atoms with Gasteiger partial charge in [-0.25, -0.2) is 9.59 Å². The summed E-state index contributed by atoms with van der Waals surface area (Å²) < 4.78 is 9.93. The molecule has 0 aliphatic carbocycles. The van der Waals surface area contributed by atoms with E-state index in [-0.39, 0.29) is 35.5 Å². The second kappa shape index (κ2) is 10.2. The maximum atomic E-state index is 12.7. The van der Waals surface area contributed by atoms with E-state index < -0.39 is 18.2 Å². The normalized spacial score (nSPS) is 11.4. The number of aliphatic hydroxyl groups is 1. The summed E-state index contributed by atoms with van der Waals surface area (Å²) in [5.41, 5.74) is 1.000. The summed E-state index contributed by atoms with van der Waals surface area (Å²) in [6, 6.07) is 14.9. The quantitative estimate of drug-likeness (QED) is 0.235. The lowest BCUT2D eigenvalue weighted by molar-refractivity contribution is -0.139. The number of aliphatic hydroxyl groups excluding tert-OH is 1. The highest BCUT2D eigenvalue weighted by atomic mass is 16.6. The Bertz CT molecular complexity index is 856. The number of hydrogen-bond donors (Lipinski definition) is 1. The van der Waals surface area contributed by atoms with Crippen LogP contribution in [0.15, 0.2) is 66.7 Å². The van der Waals surface area contributed by atoms with Crippen molar-refractivity contribution in [2.75, 3.05) is 6.61 Å². The molecule has 0 bridgehead atoms. The molecule has 0 saturated carbocycles. The average molecular weight is 382 g/mol. The molecule has 146 valence electrons. The van der Waals surface area contributed by atoms with Crippen LogP contribution in [-0.2, 0) is 14.3 Å². The first-order valence-electron chi connectivity index (χ1n) is 8.80. The Kier molecular flexibility index (Phi) is 7.65. The zero-order valence-corrected chi connectivity index (χ0v) is 15.6. The van der Waals surface area contributed by atoms with Gasteiger partial charge in [0, 0.05) is 23.1 Å². The van der Waals surface area contributed by atoms with Crippen LogP contribution in [0.25, 0.3) is 0 Å². The number of carbonyl (C=O) groups excluding carboxylic acids is 3. The monoisotopic (exact) mass is 382 g/mol. The molecule has 0 heterocycles. The highest BCUT2D eigenvalue weighted by Crippen LogP contribution is 2.17. The van der Waals surface area contributed by atoms with Crippen LogP contribution in [0, 0.1) is 0 Å². The van der Waals surface area contributed by atoms with Gasteiger partial charge in [0.1, 0.15) is 0 Å². The molecule has 0 aliphatic heterocycles. The summed E-state index contributed by atoms with van der Waals surface area (Å²) >= 11 is 0. The van der Waals surface area contributed by atoms with Gasteiger partial charge in [-0.1, -0.05) is 55.1 Å². The highest BCUT2D eigenvalue weighted by Gasteiger charge is 2.21. The third-order valence-corrected chi connectivity index (χ3v) is 3.85. The van der Waals surface area contributed by atoms with E-state index in [2.05, 4.69) is 6.58 Å². The van der Waals surface area contributed by atoms with Gasteiger partial charge >= 0.3 is 11.9 Å². The topological polar surface area (TPSA) is 89.9 Å². The zero-order chi connectivity index (χ0) is 20.5. The van der Waals surface area contributed by atoms with Gasteiger partial charge in [0.15, 0.2) is 5.78 Å². The summed E-state index contributed by atoms with van der Waals surface area (Å²) in [6.07, 6.45) is -0.988. The summed E-state index contributed by atoms with van der Waals surface area (Å²) in [6.45, 7) is 5.07. The number of esters is 2. The van der Waals surface area contributed by atoms with E-state index >= 15 is 0 Å². The van der Waals surface area contributed by atoms with Crippen molar-refractivity contribution in [3.8, 4) is 0 Å². The number of benzene rings is 2. The van der Waals surface area contributed by atoms with Crippen LogP contribution in [0.1, 0.15) is 46.0 Å². The molecule has 2 aromatic rings. The maximum absolute atomic E-state index is 12.7. The fourth-order valence-corrected chi connectivity index (χ4v) is 2.40. The van der Waals surface area contributed by atoms with Crippen LogP contribution in [-0.4, -0.2) is 35.7 Å². The fourth-order valence-electron chi connectivity index (χ4n) is 2.40. The maximum Gasteiger partial charge on any atom is 0.341 e. The molecule has 6 nitrogen and oxygen atoms in total. The second-order valence-corrected chi connectivity index (χ2v) is 6.16. The second-order valence-electron chi connectivity index (χ2n) is 6.16. The van der Waals surface area contributed by atoms with Gasteiger partial charge in [0.05, 0.1) is 12.2 Å². The number of rotatable bonds is 9. The predicted octanol–water partition coefficient (Wildman–Crippen LogP) is 3.29. The van der Waals surface area contributed by atoms with Crippen LogP contribution >= 0.6 is 0 Å². The Hall–Kier alpha value is -3.25. The first kappa shape index (κ1) is 21.1. The Morgan fingerprint density at radius 3 is 2.25 bits per heavy atom. The van der Waals surface area contributed by atoms with Gasteiger partial charge in [-0.05, 0) is 19.4 Å². The van der Waals surface area contributed by atoms with Crippen LogP contribution in [0.5, 0.6) is 0 Å². The first-order valence-corrected chi connectivity index (χ1v) is 8.80. The minimum absolute atomic E-state index is 0.0728. The van der Waals surface area contributed by atoms with Crippen molar-refractivity contribution < 1.29 is 29.0 Å². The van der Waals surface area contributed by atoms with Crippen LogP contribution < -0.4 is 0 Å². The van der Waals surface area contributed by atoms with Gasteiger partial charge < -0.3 is 14.6 Å². The van der Waals surface area contributed by atoms with E-state index in [0.717, 1.165) is 0 Å². The minimum atomic E-state index is -1.38. The van der Waals surface area contributed by atoms with E-state index in [0.29, 0.717) is 12.0 Å². The third-order valence-electron chi connectivity index (χ3n) is 3.85. The van der Waals surface area contributed by atoms with Crippen molar-refractivity contribution in [2.45, 2.75) is 26.1 Å². The molecule has 0 radical (unpaired) electrons. The fraction of sp³-hybridized carbons (Fsp3) is 0.227. The number of carbonyl (C=O) groups is 3. The largest absolute Gasteiger partial charge is 0.462 e. The van der Waals surface area contributed by atoms with E-state index in [4.69, 9.17) is 9.47 Å². The number of hydrogen-bond acceptors (Lipinski definition) is 6. The van der Waals surface area contributed by atoms with Crippen molar-refractivity contribution in [3.63, 3.8) is 0 Å². The standard InChI is InChI=1S/C22H22O6/c1-15(2)21(25)27-14-8-13-19(23)28-22(26)18-12-7-6-11-17(18)20(24)16-9-4-3-5-10-16/h3-7,9-12,19,23H,1,8,13-14H2,2H3. The molecule has 2 aromatic carbocycles. The molecular weight excluding hydrogens is 360 g/mol. The molecule has 0 saturated heterocycles. The highest BCUT2D eigenvalue weighted by molar-refractivity contribution is 6.14. The molecule has 1 unspecified atom stereocenters. The van der Waals surface area contributed by atoms with E-state index in [9.17, 15) is 19.5 Å². The molecular formula is C22H22O6. The molecule has 0 amide bonds. The van der Waals surface area contributed by atoms with Gasteiger partial charge in [-0.3, -0.25) is 4.79 Å². The average Bonchev–Trinajstić information content (AvgIpc) is 2.71. The molecule has 1 N–H and O–H groups in total. The zero-order valence-electron chi connectivity index (χ0n) is 15.6. The summed E-state index contributed by atoms with van der Waals surface area (Å²) in [7, 11) is 0. The Balaban J connectivity index is 1.96. The van der Waals surface area contributed by atoms with Gasteiger partial charge in [-0.15, -0.1) is 0 Å². The van der Waals surface area contributed by atoms with E-state index in [1.165, 1.54) is 19.1 Å². The van der Waals surface area contributed by atoms with E-state index in [1.54, 1.807) is 42.5 Å². The van der Waals surface area contributed by atoms with Crippen molar-refractivity contribution >= 4 is 17.7 Å². The predicted molar refractivity (Wildman–Crippen MR) is 103 cm³/mol. The number of ether oxygens (including phenoxy) is 2. The summed E-state index contributed by atoms with van der Waals surface area (Å²) in [4.78, 5) is 36.3. The van der Waals surface area contributed by atoms with Gasteiger partial charge in [-0.2, -0.15) is 0 Å². The molecule has 2 rings (SSSR count). The molecule has 0 spiro atoms. The Morgan fingerprint density at radius 2 is 1.61 bits per heavy atom. The third kappa shape index (κ3) is 5.89. The van der Waals surface area contributed by atoms with Crippen LogP contribution in [0.3, 0.4) is 0 Å². The lowest BCUT2D eigenvalue weighted by atomic mass is 9.98. The molecule has 0 aromatic heterocycles. The van der Waals surface area contributed by atoms with Crippen molar-refractivity contribution in [2.24, 2.45) is 0 Å². The Labute approximate surface area is 163 Å². The van der Waals surface area contributed by atoms with Crippen LogP contribution in [0.2, 0.25) is 0 Å². The molecule has 0 aliphatic rings. The molecule has 1 atom stereocenters. The lowest BCUT2D eigenvalue weighted by Gasteiger charge is -2.14. The minimum Gasteiger partial charge on any atom is -0.462 e. The first-order chi connectivity index (χ1) is 13.4. The SMILES string of the molecule is C=C(C)C(=O)OCCCC(O)OC(=O)c1ccccc1C(=O)c1ccccc1. The van der Waals surface area contributed by atoms with Gasteiger partial charge in [0.25, 0.3) is 0 Å². The summed E-state index contributed by atoms with van der Waals surface area (Å²) in [5.74, 6) is -1.62. The van der Waals surface area contributed by atoms with Crippen LogP contribution in [0.4, 0.5) is 0 Å². The molecule has 28 heavy (non-hydrogen) atoms. The molecule has 6 heteroatoms. The van der Waals surface area contributed by atoms with Gasteiger partial charge in [0.2, 0.25) is 6.29 Å². The van der Waals surface area contributed by atoms with Crippen molar-refractivity contribution in [3.05, 3.63) is 83.4 Å². The Morgan fingerprint density at radius 1 is 1.00 bits per heavy atom. The lowest BCUT2D eigenvalue weighted by Crippen LogP contribution is -2.20. The summed E-state index contributed by atoms with van der Waals surface area (Å²) in [5, 5.41) is 9.92. The number of ketones is 1. The van der Waals surface area contributed by atoms with Crippen molar-refractivity contribution in [1.82, 2.24) is 0 Å². The molecule has 0 fully saturated rings. The smallest absolute Gasteiger partial charge is 0.341 e.